The fourth-order valence-corrected chi connectivity index (χ4v) is 4.33. The Kier molecular flexibility index (Phi) is 4.80. The molecule has 4 aromatic rings. The molecule has 6 rings (SSSR count). The van der Waals surface area contributed by atoms with E-state index in [0.29, 0.717) is 31.7 Å². The van der Waals surface area contributed by atoms with Crippen molar-refractivity contribution in [3.05, 3.63) is 42.5 Å². The van der Waals surface area contributed by atoms with Crippen LogP contribution in [-0.2, 0) is 16.5 Å². The number of fused-ring (bicyclic) bond motifs is 1. The molecule has 32 heavy (non-hydrogen) atoms. The minimum absolute atomic E-state index is 0.327. The first-order valence-corrected chi connectivity index (χ1v) is 10.9. The van der Waals surface area contributed by atoms with E-state index in [1.807, 2.05) is 36.0 Å². The molecule has 0 amide bonds. The maximum Gasteiger partial charge on any atom is 0.254 e. The number of imidazole rings is 1. The quantitative estimate of drug-likeness (QED) is 0.483. The van der Waals surface area contributed by atoms with Crippen molar-refractivity contribution in [2.45, 2.75) is 12.3 Å². The van der Waals surface area contributed by atoms with Crippen molar-refractivity contribution in [3.8, 4) is 17.3 Å². The summed E-state index contributed by atoms with van der Waals surface area (Å²) in [6, 6.07) is 5.94. The zero-order valence-electron chi connectivity index (χ0n) is 17.9. The van der Waals surface area contributed by atoms with Gasteiger partial charge in [0, 0.05) is 56.8 Å². The van der Waals surface area contributed by atoms with Crippen LogP contribution in [0, 0.1) is 0 Å². The van der Waals surface area contributed by atoms with Gasteiger partial charge in [0.2, 0.25) is 0 Å². The van der Waals surface area contributed by atoms with Crippen molar-refractivity contribution >= 4 is 17.0 Å². The number of pyridine rings is 1. The second-order valence-electron chi connectivity index (χ2n) is 8.09. The second-order valence-corrected chi connectivity index (χ2v) is 8.09. The molecule has 0 spiro atoms. The van der Waals surface area contributed by atoms with E-state index >= 15 is 0 Å². The van der Waals surface area contributed by atoms with Gasteiger partial charge in [-0.2, -0.15) is 15.1 Å². The van der Waals surface area contributed by atoms with Crippen molar-refractivity contribution in [2.75, 3.05) is 44.4 Å². The number of nitrogens with zero attached hydrogens (tertiary/aromatic N) is 8. The lowest BCUT2D eigenvalue weighted by Gasteiger charge is -2.28. The number of ether oxygens (including phenoxy) is 2. The summed E-state index contributed by atoms with van der Waals surface area (Å²) in [5, 5.41) is 4.78. The lowest BCUT2D eigenvalue weighted by molar-refractivity contribution is 0.122. The van der Waals surface area contributed by atoms with Gasteiger partial charge >= 0.3 is 0 Å². The third-order valence-electron chi connectivity index (χ3n) is 6.10. The highest BCUT2D eigenvalue weighted by atomic mass is 16.5. The van der Waals surface area contributed by atoms with Gasteiger partial charge in [-0.05, 0) is 24.6 Å². The van der Waals surface area contributed by atoms with Crippen LogP contribution in [0.4, 0.5) is 5.82 Å². The molecule has 2 aliphatic rings. The summed E-state index contributed by atoms with van der Waals surface area (Å²) in [5.41, 5.74) is 3.55. The Bertz CT molecular complexity index is 1240. The number of hydrogen-bond donors (Lipinski definition) is 0. The summed E-state index contributed by atoms with van der Waals surface area (Å²) in [6.07, 6.45) is 6.46. The third-order valence-corrected chi connectivity index (χ3v) is 6.10. The van der Waals surface area contributed by atoms with Crippen LogP contribution in [0.2, 0.25) is 0 Å². The van der Waals surface area contributed by atoms with Crippen LogP contribution in [0.1, 0.15) is 18.0 Å². The molecule has 0 bridgehead atoms. The van der Waals surface area contributed by atoms with Gasteiger partial charge < -0.3 is 18.9 Å². The van der Waals surface area contributed by atoms with E-state index in [4.69, 9.17) is 29.5 Å². The van der Waals surface area contributed by atoms with E-state index < -0.39 is 0 Å². The Morgan fingerprint density at radius 3 is 2.59 bits per heavy atom. The van der Waals surface area contributed by atoms with Gasteiger partial charge in [-0.15, -0.1) is 0 Å². The number of morpholine rings is 1. The fourth-order valence-electron chi connectivity index (χ4n) is 4.33. The van der Waals surface area contributed by atoms with Crippen molar-refractivity contribution in [1.82, 2.24) is 34.3 Å². The van der Waals surface area contributed by atoms with Crippen LogP contribution >= 0.6 is 0 Å². The Morgan fingerprint density at radius 1 is 0.969 bits per heavy atom. The average molecular weight is 432 g/mol. The van der Waals surface area contributed by atoms with Gasteiger partial charge in [-0.25, -0.2) is 9.67 Å². The molecule has 4 aromatic heterocycles. The predicted molar refractivity (Wildman–Crippen MR) is 118 cm³/mol. The smallest absolute Gasteiger partial charge is 0.254 e. The SMILES string of the molecule is Cn1c(-c2ccncc2)nc2c(N3CCOCC3)nc(-n3ccc(C4CCOC4)n3)nc21. The summed E-state index contributed by atoms with van der Waals surface area (Å²) in [7, 11) is 1.98. The van der Waals surface area contributed by atoms with Gasteiger partial charge in [-0.3, -0.25) is 4.98 Å². The lowest BCUT2D eigenvalue weighted by atomic mass is 10.1. The first kappa shape index (κ1) is 19.3. The first-order valence-electron chi connectivity index (χ1n) is 10.9. The normalized spacial score (nSPS) is 19.2. The van der Waals surface area contributed by atoms with Gasteiger partial charge in [0.15, 0.2) is 17.0 Å². The Hall–Kier alpha value is -3.37. The predicted octanol–water partition coefficient (Wildman–Crippen LogP) is 1.95. The average Bonchev–Trinajstić information content (AvgIpc) is 3.60. The monoisotopic (exact) mass is 432 g/mol. The third kappa shape index (κ3) is 3.32. The molecule has 2 fully saturated rings. The molecule has 2 saturated heterocycles. The first-order chi connectivity index (χ1) is 15.8. The van der Waals surface area contributed by atoms with Crippen LogP contribution in [0.5, 0.6) is 0 Å². The maximum absolute atomic E-state index is 5.56. The highest BCUT2D eigenvalue weighted by Crippen LogP contribution is 2.30. The van der Waals surface area contributed by atoms with Crippen molar-refractivity contribution in [2.24, 2.45) is 7.05 Å². The molecule has 10 nitrogen and oxygen atoms in total. The van der Waals surface area contributed by atoms with E-state index in [9.17, 15) is 0 Å². The molecule has 0 N–H and O–H groups in total. The molecule has 10 heteroatoms. The minimum Gasteiger partial charge on any atom is -0.381 e. The number of aromatic nitrogens is 7. The lowest BCUT2D eigenvalue weighted by Crippen LogP contribution is -2.37. The fraction of sp³-hybridized carbons (Fsp3) is 0.409. The second kappa shape index (κ2) is 7.95. The zero-order chi connectivity index (χ0) is 21.5. The van der Waals surface area contributed by atoms with Gasteiger partial charge in [-0.1, -0.05) is 0 Å². The van der Waals surface area contributed by atoms with Gasteiger partial charge in [0.1, 0.15) is 5.82 Å². The summed E-state index contributed by atoms with van der Waals surface area (Å²) in [5.74, 6) is 2.50. The largest absolute Gasteiger partial charge is 0.381 e. The number of anilines is 1. The molecule has 6 heterocycles. The molecule has 164 valence electrons. The van der Waals surface area contributed by atoms with Gasteiger partial charge in [0.05, 0.1) is 25.5 Å². The van der Waals surface area contributed by atoms with E-state index in [0.717, 1.165) is 60.2 Å². The Labute approximate surface area is 184 Å². The molecule has 0 aromatic carbocycles. The summed E-state index contributed by atoms with van der Waals surface area (Å²) < 4.78 is 14.9. The molecular weight excluding hydrogens is 408 g/mol. The standard InChI is InChI=1S/C22H24N8O2/c1-28-19(15-2-6-23-7-3-15)24-18-20(28)25-22(26-21(18)29-9-12-31-13-10-29)30-8-4-17(27-30)16-5-11-32-14-16/h2-4,6-8,16H,5,9-14H2,1H3. The van der Waals surface area contributed by atoms with Crippen molar-refractivity contribution in [3.63, 3.8) is 0 Å². The molecule has 0 aliphatic carbocycles. The Morgan fingerprint density at radius 2 is 1.81 bits per heavy atom. The zero-order valence-corrected chi connectivity index (χ0v) is 17.9. The minimum atomic E-state index is 0.327. The summed E-state index contributed by atoms with van der Waals surface area (Å²) >= 11 is 0. The molecule has 0 radical (unpaired) electrons. The molecule has 1 unspecified atom stereocenters. The molecule has 2 aliphatic heterocycles. The number of aryl methyl sites for hydroxylation is 1. The number of rotatable bonds is 4. The molecule has 1 atom stereocenters. The van der Waals surface area contributed by atoms with Crippen molar-refractivity contribution in [1.29, 1.82) is 0 Å². The van der Waals surface area contributed by atoms with E-state index in [1.54, 1.807) is 17.1 Å². The van der Waals surface area contributed by atoms with E-state index in [2.05, 4.69) is 9.88 Å². The topological polar surface area (TPSA) is 96.0 Å². The van der Waals surface area contributed by atoms with Crippen LogP contribution in [0.15, 0.2) is 36.8 Å². The number of hydrogen-bond acceptors (Lipinski definition) is 8. The van der Waals surface area contributed by atoms with Crippen LogP contribution in [0.3, 0.4) is 0 Å². The summed E-state index contributed by atoms with van der Waals surface area (Å²) in [6.45, 7) is 4.35. The van der Waals surface area contributed by atoms with Crippen molar-refractivity contribution < 1.29 is 9.47 Å². The van der Waals surface area contributed by atoms with Crippen LogP contribution in [-0.4, -0.2) is 73.8 Å². The Balaban J connectivity index is 1.49. The highest BCUT2D eigenvalue weighted by molar-refractivity contribution is 5.87. The molecular formula is C22H24N8O2. The maximum atomic E-state index is 5.56. The van der Waals surface area contributed by atoms with E-state index in [1.165, 1.54) is 0 Å². The van der Waals surface area contributed by atoms with Crippen LogP contribution < -0.4 is 4.90 Å². The highest BCUT2D eigenvalue weighted by Gasteiger charge is 2.24. The van der Waals surface area contributed by atoms with E-state index in [-0.39, 0.29) is 0 Å². The van der Waals surface area contributed by atoms with Crippen LogP contribution in [0.25, 0.3) is 28.5 Å². The molecule has 0 saturated carbocycles. The van der Waals surface area contributed by atoms with Gasteiger partial charge in [0.25, 0.3) is 5.95 Å². The summed E-state index contributed by atoms with van der Waals surface area (Å²) in [4.78, 5) is 21.1.